The molecule has 33 heavy (non-hydrogen) atoms. The first-order valence-electron chi connectivity index (χ1n) is 10.1. The summed E-state index contributed by atoms with van der Waals surface area (Å²) in [7, 11) is -5.69. The van der Waals surface area contributed by atoms with Crippen molar-refractivity contribution in [2.75, 3.05) is 13.6 Å². The van der Waals surface area contributed by atoms with Gasteiger partial charge in [0.25, 0.3) is 8.32 Å². The molecular weight excluding hydrogens is 474 g/mol. The molecule has 3 amide bonds. The third-order valence-corrected chi connectivity index (χ3v) is 10.6. The Labute approximate surface area is 192 Å². The van der Waals surface area contributed by atoms with Crippen LogP contribution in [0.1, 0.15) is 44.1 Å². The molecule has 3 heterocycles. The van der Waals surface area contributed by atoms with E-state index in [4.69, 9.17) is 14.8 Å². The molecule has 3 rings (SSSR count). The number of aromatic nitrogens is 2. The van der Waals surface area contributed by atoms with Crippen molar-refractivity contribution in [1.29, 1.82) is 0 Å². The van der Waals surface area contributed by atoms with Crippen molar-refractivity contribution in [2.45, 2.75) is 57.5 Å². The fourth-order valence-corrected chi connectivity index (χ4v) is 4.39. The maximum Gasteiger partial charge on any atom is 0.418 e. The Bertz CT molecular complexity index is 1100. The number of hydrogen-bond acceptors (Lipinski definition) is 8. The van der Waals surface area contributed by atoms with Crippen LogP contribution in [0, 0.1) is 0 Å². The van der Waals surface area contributed by atoms with E-state index in [0.717, 1.165) is 0 Å². The summed E-state index contributed by atoms with van der Waals surface area (Å²) < 4.78 is 43.7. The molecular formula is C17H29N7O7SSi. The molecule has 1 aromatic rings. The number of rotatable bonds is 7. The quantitative estimate of drug-likeness (QED) is 0.157. The standard InChI is InChI=1S/C17H29N7O7SSi/c1-17(2,3)33(5,6)30-21-15(19-4)14-13-10(7-20-23(13)9-12(18)25)11-8-22(14)16(26)24(11)31-32(27,28)29/h7,11,14H,8-9H2,1-6H3,(H2,18,25)(H,19,21)(H,27,28,29)/t11-,14?/m0/s1. The van der Waals surface area contributed by atoms with E-state index in [1.54, 1.807) is 7.05 Å². The molecule has 14 nitrogen and oxygen atoms in total. The van der Waals surface area contributed by atoms with Crippen molar-refractivity contribution in [3.8, 4) is 0 Å². The van der Waals surface area contributed by atoms with Crippen molar-refractivity contribution < 1.29 is 31.4 Å². The molecule has 2 bridgehead atoms. The Kier molecular flexibility index (Phi) is 6.25. The SMILES string of the molecule is CN/C(=N\O[Si](C)(C)C(C)(C)C)C1c2c(cnn2CC(N)=O)[C@@H]2CN1C(=O)N2OS(=O)(=O)O. The van der Waals surface area contributed by atoms with Gasteiger partial charge in [-0.3, -0.25) is 14.0 Å². The van der Waals surface area contributed by atoms with Gasteiger partial charge in [0.2, 0.25) is 5.91 Å². The largest absolute Gasteiger partial charge is 0.453 e. The van der Waals surface area contributed by atoms with Crippen LogP contribution >= 0.6 is 0 Å². The highest BCUT2D eigenvalue weighted by molar-refractivity contribution is 7.80. The number of carbonyl (C=O) groups excluding carboxylic acids is 2. The molecule has 0 aromatic carbocycles. The summed E-state index contributed by atoms with van der Waals surface area (Å²) in [4.78, 5) is 26.0. The van der Waals surface area contributed by atoms with Gasteiger partial charge in [-0.2, -0.15) is 18.6 Å². The zero-order valence-electron chi connectivity index (χ0n) is 19.3. The lowest BCUT2D eigenvalue weighted by Crippen LogP contribution is -2.45. The van der Waals surface area contributed by atoms with Crippen molar-refractivity contribution in [2.24, 2.45) is 10.9 Å². The van der Waals surface area contributed by atoms with Gasteiger partial charge < -0.3 is 20.5 Å². The first-order chi connectivity index (χ1) is 15.1. The second-order valence-corrected chi connectivity index (χ2v) is 15.1. The topological polar surface area (TPSA) is 182 Å². The normalized spacial score (nSPS) is 21.3. The highest BCUT2D eigenvalue weighted by Crippen LogP contribution is 2.45. The van der Waals surface area contributed by atoms with E-state index in [1.165, 1.54) is 15.8 Å². The van der Waals surface area contributed by atoms with Gasteiger partial charge in [-0.25, -0.2) is 4.79 Å². The van der Waals surface area contributed by atoms with Gasteiger partial charge in [0, 0.05) is 12.6 Å². The second kappa shape index (κ2) is 8.26. The van der Waals surface area contributed by atoms with E-state index in [2.05, 4.69) is 19.9 Å². The summed E-state index contributed by atoms with van der Waals surface area (Å²) in [5, 5.41) is 11.9. The predicted molar refractivity (Wildman–Crippen MR) is 118 cm³/mol. The smallest absolute Gasteiger partial charge is 0.418 e. The number of fused-ring (bicyclic) bond motifs is 4. The molecule has 1 aromatic heterocycles. The molecule has 0 radical (unpaired) electrons. The first kappa shape index (κ1) is 24.9. The van der Waals surface area contributed by atoms with E-state index >= 15 is 0 Å². The summed E-state index contributed by atoms with van der Waals surface area (Å²) in [6.07, 6.45) is 1.40. The van der Waals surface area contributed by atoms with Gasteiger partial charge in [0.05, 0.1) is 18.4 Å². The van der Waals surface area contributed by atoms with Crippen LogP contribution in [-0.4, -0.2) is 72.4 Å². The van der Waals surface area contributed by atoms with Crippen LogP contribution in [-0.2, 0) is 30.5 Å². The number of nitrogens with two attached hydrogens (primary N) is 1. The van der Waals surface area contributed by atoms with Gasteiger partial charge in [0.15, 0.2) is 5.84 Å². The maximum absolute atomic E-state index is 13.1. The molecule has 2 aliphatic rings. The summed E-state index contributed by atoms with van der Waals surface area (Å²) in [6.45, 7) is 9.90. The van der Waals surface area contributed by atoms with Crippen LogP contribution in [0.3, 0.4) is 0 Å². The van der Waals surface area contributed by atoms with Gasteiger partial charge in [-0.05, 0) is 18.1 Å². The van der Waals surface area contributed by atoms with Crippen molar-refractivity contribution in [3.05, 3.63) is 17.5 Å². The number of likely N-dealkylation sites (N-methyl/N-ethyl adjacent to an activating group) is 1. The average Bonchev–Trinajstić information content (AvgIpc) is 3.17. The lowest BCUT2D eigenvalue weighted by molar-refractivity contribution is -0.118. The second-order valence-electron chi connectivity index (χ2n) is 9.37. The van der Waals surface area contributed by atoms with Crippen LogP contribution in [0.4, 0.5) is 4.79 Å². The molecule has 184 valence electrons. The zero-order chi connectivity index (χ0) is 24.9. The monoisotopic (exact) mass is 503 g/mol. The van der Waals surface area contributed by atoms with Crippen LogP contribution in [0.25, 0.3) is 0 Å². The minimum absolute atomic E-state index is 0.0229. The van der Waals surface area contributed by atoms with E-state index in [9.17, 15) is 18.0 Å². The Hall–Kier alpha value is -2.69. The maximum atomic E-state index is 13.1. The molecule has 16 heteroatoms. The average molecular weight is 504 g/mol. The molecule has 1 saturated heterocycles. The zero-order valence-corrected chi connectivity index (χ0v) is 21.1. The van der Waals surface area contributed by atoms with E-state index < -0.39 is 42.7 Å². The highest BCUT2D eigenvalue weighted by Gasteiger charge is 2.53. The number of hydrogen-bond donors (Lipinski definition) is 3. The molecule has 2 aliphatic heterocycles. The third-order valence-electron chi connectivity index (χ3n) is 6.10. The summed E-state index contributed by atoms with van der Waals surface area (Å²) in [5.74, 6) is -0.418. The third kappa shape index (κ3) is 4.68. The summed E-state index contributed by atoms with van der Waals surface area (Å²) >= 11 is 0. The van der Waals surface area contributed by atoms with Crippen molar-refractivity contribution in [1.82, 2.24) is 25.1 Å². The fourth-order valence-electron chi connectivity index (χ4n) is 3.42. The number of hydroxylamine groups is 2. The van der Waals surface area contributed by atoms with E-state index in [-0.39, 0.29) is 24.0 Å². The van der Waals surface area contributed by atoms with Gasteiger partial charge in [-0.1, -0.05) is 25.9 Å². The molecule has 4 N–H and O–H groups in total. The molecule has 0 spiro atoms. The first-order valence-corrected chi connectivity index (χ1v) is 14.4. The predicted octanol–water partition coefficient (Wildman–Crippen LogP) is 0.491. The van der Waals surface area contributed by atoms with E-state index in [1.807, 2.05) is 33.9 Å². The number of amides is 3. The Morgan fingerprint density at radius 1 is 1.42 bits per heavy atom. The fraction of sp³-hybridized carbons (Fsp3) is 0.647. The number of oxime groups is 1. The number of nitrogens with zero attached hydrogens (tertiary/aromatic N) is 5. The molecule has 0 saturated carbocycles. The van der Waals surface area contributed by atoms with Crippen LogP contribution < -0.4 is 11.1 Å². The van der Waals surface area contributed by atoms with Crippen LogP contribution in [0.15, 0.2) is 11.4 Å². The summed E-state index contributed by atoms with van der Waals surface area (Å²) in [6, 6.07) is -2.62. The number of primary amides is 1. The summed E-state index contributed by atoms with van der Waals surface area (Å²) in [5.41, 5.74) is 6.18. The molecule has 2 atom stereocenters. The van der Waals surface area contributed by atoms with Gasteiger partial charge >= 0.3 is 16.4 Å². The minimum atomic E-state index is -4.97. The molecule has 0 aliphatic carbocycles. The van der Waals surface area contributed by atoms with E-state index in [0.29, 0.717) is 16.3 Å². The number of urea groups is 1. The molecule has 1 unspecified atom stereocenters. The van der Waals surface area contributed by atoms with Crippen molar-refractivity contribution in [3.63, 3.8) is 0 Å². The van der Waals surface area contributed by atoms with Crippen molar-refractivity contribution >= 4 is 36.5 Å². The molecule has 1 fully saturated rings. The number of nitrogens with one attached hydrogen (secondary N) is 1. The lowest BCUT2D eigenvalue weighted by atomic mass is 9.97. The van der Waals surface area contributed by atoms with Crippen LogP contribution in [0.2, 0.25) is 18.1 Å². The number of amidine groups is 1. The Balaban J connectivity index is 2.12. The van der Waals surface area contributed by atoms with Gasteiger partial charge in [-0.15, -0.1) is 4.28 Å². The lowest BCUT2D eigenvalue weighted by Gasteiger charge is -2.35. The minimum Gasteiger partial charge on any atom is -0.453 e. The Morgan fingerprint density at radius 3 is 2.58 bits per heavy atom. The van der Waals surface area contributed by atoms with Crippen LogP contribution in [0.5, 0.6) is 0 Å². The highest BCUT2D eigenvalue weighted by atomic mass is 32.3. The van der Waals surface area contributed by atoms with Gasteiger partial charge in [0.1, 0.15) is 18.6 Å². The Morgan fingerprint density at radius 2 is 2.06 bits per heavy atom. The number of carbonyl (C=O) groups is 2.